The Kier molecular flexibility index (Phi) is 5.17. The van der Waals surface area contributed by atoms with Gasteiger partial charge in [0.2, 0.25) is 0 Å². The summed E-state index contributed by atoms with van der Waals surface area (Å²) in [5, 5.41) is 3.60. The third-order valence-corrected chi connectivity index (χ3v) is 3.65. The average molecular weight is 269 g/mol. The monoisotopic (exact) mass is 268 g/mol. The van der Waals surface area contributed by atoms with E-state index in [1.165, 1.54) is 0 Å². The fourth-order valence-electron chi connectivity index (χ4n) is 1.95. The summed E-state index contributed by atoms with van der Waals surface area (Å²) < 4.78 is 0. The molecule has 0 aromatic heterocycles. The normalized spacial score (nSPS) is 11.4. The second-order valence-corrected chi connectivity index (χ2v) is 5.10. The molecule has 1 rings (SSSR count). The second-order valence-electron chi connectivity index (χ2n) is 4.66. The first-order valence-electron chi connectivity index (χ1n) is 6.26. The third-order valence-electron chi connectivity index (χ3n) is 3.43. The van der Waals surface area contributed by atoms with Crippen LogP contribution in [-0.2, 0) is 0 Å². The van der Waals surface area contributed by atoms with Crippen molar-refractivity contribution in [1.82, 2.24) is 5.32 Å². The van der Waals surface area contributed by atoms with Gasteiger partial charge in [-0.05, 0) is 43.5 Å². The van der Waals surface area contributed by atoms with Gasteiger partial charge in [-0.2, -0.15) is 0 Å². The summed E-state index contributed by atoms with van der Waals surface area (Å²) in [4.78, 5) is 12.2. The van der Waals surface area contributed by atoms with E-state index in [1.807, 2.05) is 32.9 Å². The maximum absolute atomic E-state index is 12.2. The van der Waals surface area contributed by atoms with Crippen LogP contribution in [0.1, 0.15) is 42.6 Å². The lowest BCUT2D eigenvalue weighted by atomic mass is 9.92. The molecule has 1 aromatic rings. The first-order valence-corrected chi connectivity index (χ1v) is 6.64. The van der Waals surface area contributed by atoms with Gasteiger partial charge in [-0.3, -0.25) is 4.79 Å². The fourth-order valence-corrected chi connectivity index (χ4v) is 2.24. The molecule has 0 saturated heterocycles. The summed E-state index contributed by atoms with van der Waals surface area (Å²) in [5.74, 6) is -0.116. The molecule has 0 aliphatic rings. The number of hydrogen-bond acceptors (Lipinski definition) is 2. The lowest BCUT2D eigenvalue weighted by molar-refractivity contribution is 0.0895. The molecule has 0 fully saturated rings. The summed E-state index contributed by atoms with van der Waals surface area (Å²) >= 11 is 5.96. The van der Waals surface area contributed by atoms with Crippen molar-refractivity contribution in [1.29, 1.82) is 0 Å². The predicted octanol–water partition coefficient (Wildman–Crippen LogP) is 2.90. The molecule has 1 amide bonds. The number of nitrogens with one attached hydrogen (secondary N) is 1. The van der Waals surface area contributed by atoms with Crippen molar-refractivity contribution < 1.29 is 4.79 Å². The lowest BCUT2D eigenvalue weighted by Gasteiger charge is -2.31. The van der Waals surface area contributed by atoms with Gasteiger partial charge in [-0.1, -0.05) is 25.4 Å². The molecule has 0 radical (unpaired) electrons. The Bertz CT molecular complexity index is 399. The predicted molar refractivity (Wildman–Crippen MR) is 76.0 cm³/mol. The first kappa shape index (κ1) is 15.0. The zero-order chi connectivity index (χ0) is 13.8. The Morgan fingerprint density at radius 3 is 2.39 bits per heavy atom. The summed E-state index contributed by atoms with van der Waals surface area (Å²) in [6.45, 7) is 6.41. The number of amides is 1. The van der Waals surface area contributed by atoms with Crippen molar-refractivity contribution in [2.45, 2.75) is 39.2 Å². The summed E-state index contributed by atoms with van der Waals surface area (Å²) in [6, 6.07) is 5.33. The molecule has 0 saturated carbocycles. The summed E-state index contributed by atoms with van der Waals surface area (Å²) in [5.41, 5.74) is 7.00. The standard InChI is InChI=1S/C14H21ClN2O/c1-4-14(5-2,9-16)17-13(18)11-6-10(3)7-12(15)8-11/h6-8H,4-5,9,16H2,1-3H3,(H,17,18). The van der Waals surface area contributed by atoms with E-state index in [2.05, 4.69) is 5.32 Å². The molecule has 0 bridgehead atoms. The molecule has 100 valence electrons. The number of rotatable bonds is 5. The van der Waals surface area contributed by atoms with E-state index >= 15 is 0 Å². The SMILES string of the molecule is CCC(CC)(CN)NC(=O)c1cc(C)cc(Cl)c1. The van der Waals surface area contributed by atoms with Gasteiger partial charge >= 0.3 is 0 Å². The minimum atomic E-state index is -0.326. The van der Waals surface area contributed by atoms with Gasteiger partial charge in [0.15, 0.2) is 0 Å². The van der Waals surface area contributed by atoms with Crippen molar-refractivity contribution >= 4 is 17.5 Å². The van der Waals surface area contributed by atoms with Gasteiger partial charge in [-0.25, -0.2) is 0 Å². The number of benzene rings is 1. The highest BCUT2D eigenvalue weighted by atomic mass is 35.5. The largest absolute Gasteiger partial charge is 0.345 e. The van der Waals surface area contributed by atoms with Crippen molar-refractivity contribution in [3.05, 3.63) is 34.3 Å². The van der Waals surface area contributed by atoms with Crippen LogP contribution in [0.5, 0.6) is 0 Å². The maximum Gasteiger partial charge on any atom is 0.251 e. The van der Waals surface area contributed by atoms with Gasteiger partial charge in [0, 0.05) is 17.1 Å². The quantitative estimate of drug-likeness (QED) is 0.863. The Balaban J connectivity index is 2.94. The van der Waals surface area contributed by atoms with Crippen LogP contribution in [0.25, 0.3) is 0 Å². The van der Waals surface area contributed by atoms with Gasteiger partial charge in [0.1, 0.15) is 0 Å². The van der Waals surface area contributed by atoms with E-state index in [4.69, 9.17) is 17.3 Å². The highest BCUT2D eigenvalue weighted by Gasteiger charge is 2.26. The molecule has 3 N–H and O–H groups in total. The Morgan fingerprint density at radius 2 is 1.94 bits per heavy atom. The van der Waals surface area contributed by atoms with Crippen LogP contribution in [0.4, 0.5) is 0 Å². The molecule has 0 aliphatic heterocycles. The molecular weight excluding hydrogens is 248 g/mol. The van der Waals surface area contributed by atoms with Gasteiger partial charge in [0.05, 0.1) is 5.54 Å². The highest BCUT2D eigenvalue weighted by molar-refractivity contribution is 6.31. The van der Waals surface area contributed by atoms with Crippen molar-refractivity contribution in [3.63, 3.8) is 0 Å². The van der Waals surface area contributed by atoms with Crippen LogP contribution < -0.4 is 11.1 Å². The number of aryl methyl sites for hydroxylation is 1. The molecule has 1 aromatic carbocycles. The van der Waals surface area contributed by atoms with Crippen LogP contribution in [-0.4, -0.2) is 18.0 Å². The minimum absolute atomic E-state index is 0.116. The van der Waals surface area contributed by atoms with Crippen LogP contribution in [0.2, 0.25) is 5.02 Å². The molecule has 0 unspecified atom stereocenters. The number of hydrogen-bond donors (Lipinski definition) is 2. The Morgan fingerprint density at radius 1 is 1.33 bits per heavy atom. The molecule has 0 atom stereocenters. The van der Waals surface area contributed by atoms with Crippen LogP contribution in [0.3, 0.4) is 0 Å². The van der Waals surface area contributed by atoms with Crippen LogP contribution in [0.15, 0.2) is 18.2 Å². The molecule has 3 nitrogen and oxygen atoms in total. The Hall–Kier alpha value is -1.06. The average Bonchev–Trinajstić information content (AvgIpc) is 2.35. The van der Waals surface area contributed by atoms with Crippen molar-refractivity contribution in [2.75, 3.05) is 6.54 Å². The molecule has 0 spiro atoms. The lowest BCUT2D eigenvalue weighted by Crippen LogP contribution is -2.52. The second kappa shape index (κ2) is 6.21. The van der Waals surface area contributed by atoms with Crippen LogP contribution >= 0.6 is 11.6 Å². The number of carbonyl (C=O) groups excluding carboxylic acids is 1. The molecule has 18 heavy (non-hydrogen) atoms. The zero-order valence-electron chi connectivity index (χ0n) is 11.2. The zero-order valence-corrected chi connectivity index (χ0v) is 12.0. The van der Waals surface area contributed by atoms with E-state index in [0.717, 1.165) is 18.4 Å². The van der Waals surface area contributed by atoms with Crippen molar-refractivity contribution in [2.24, 2.45) is 5.73 Å². The van der Waals surface area contributed by atoms with E-state index < -0.39 is 0 Å². The third kappa shape index (κ3) is 3.47. The first-order chi connectivity index (χ1) is 8.46. The van der Waals surface area contributed by atoms with E-state index in [0.29, 0.717) is 17.1 Å². The summed E-state index contributed by atoms with van der Waals surface area (Å²) in [7, 11) is 0. The Labute approximate surface area is 114 Å². The maximum atomic E-state index is 12.2. The van der Waals surface area contributed by atoms with Gasteiger partial charge in [-0.15, -0.1) is 0 Å². The highest BCUT2D eigenvalue weighted by Crippen LogP contribution is 2.18. The minimum Gasteiger partial charge on any atom is -0.345 e. The smallest absolute Gasteiger partial charge is 0.251 e. The molecule has 4 heteroatoms. The molecular formula is C14H21ClN2O. The summed E-state index contributed by atoms with van der Waals surface area (Å²) in [6.07, 6.45) is 1.62. The number of halogens is 1. The molecule has 0 aliphatic carbocycles. The van der Waals surface area contributed by atoms with Gasteiger partial charge in [0.25, 0.3) is 5.91 Å². The van der Waals surface area contributed by atoms with Crippen molar-refractivity contribution in [3.8, 4) is 0 Å². The van der Waals surface area contributed by atoms with Gasteiger partial charge < -0.3 is 11.1 Å². The topological polar surface area (TPSA) is 55.1 Å². The van der Waals surface area contributed by atoms with E-state index in [9.17, 15) is 4.79 Å². The number of carbonyl (C=O) groups is 1. The van der Waals surface area contributed by atoms with E-state index in [-0.39, 0.29) is 11.4 Å². The van der Waals surface area contributed by atoms with E-state index in [1.54, 1.807) is 6.07 Å². The fraction of sp³-hybridized carbons (Fsp3) is 0.500. The van der Waals surface area contributed by atoms with Crippen LogP contribution in [0, 0.1) is 6.92 Å². The molecule has 0 heterocycles. The number of nitrogens with two attached hydrogens (primary N) is 1.